The van der Waals surface area contributed by atoms with Crippen LogP contribution in [0.1, 0.15) is 16.7 Å². The van der Waals surface area contributed by atoms with Gasteiger partial charge in [0.2, 0.25) is 0 Å². The van der Waals surface area contributed by atoms with Crippen LogP contribution in [-0.4, -0.2) is 29.9 Å². The first-order valence-electron chi connectivity index (χ1n) is 8.89. The summed E-state index contributed by atoms with van der Waals surface area (Å²) in [6.45, 7) is 3.76. The van der Waals surface area contributed by atoms with E-state index in [-0.39, 0.29) is 18.4 Å². The molecule has 30 heavy (non-hydrogen) atoms. The van der Waals surface area contributed by atoms with Gasteiger partial charge in [-0.2, -0.15) is 0 Å². The number of benzene rings is 2. The van der Waals surface area contributed by atoms with Crippen LogP contribution in [0.15, 0.2) is 39.7 Å². The summed E-state index contributed by atoms with van der Waals surface area (Å²) in [5.41, 5.74) is 3.55. The fourth-order valence-corrected chi connectivity index (χ4v) is 4.19. The van der Waals surface area contributed by atoms with Gasteiger partial charge in [-0.25, -0.2) is 0 Å². The summed E-state index contributed by atoms with van der Waals surface area (Å²) in [7, 11) is 1.51. The number of ether oxygens (including phenoxy) is 2. The highest BCUT2D eigenvalue weighted by atomic mass is 79.9. The molecule has 0 spiro atoms. The Balaban J connectivity index is 1.67. The molecule has 1 aliphatic heterocycles. The third-order valence-electron chi connectivity index (χ3n) is 4.48. The van der Waals surface area contributed by atoms with Gasteiger partial charge in [0.05, 0.1) is 12.0 Å². The highest BCUT2D eigenvalue weighted by Crippen LogP contribution is 2.32. The van der Waals surface area contributed by atoms with Crippen molar-refractivity contribution in [1.82, 2.24) is 5.32 Å². The van der Waals surface area contributed by atoms with Crippen molar-refractivity contribution in [3.63, 3.8) is 0 Å². The first kappa shape index (κ1) is 22.3. The van der Waals surface area contributed by atoms with Crippen molar-refractivity contribution in [3.05, 3.63) is 56.4 Å². The van der Waals surface area contributed by atoms with Crippen molar-refractivity contribution in [2.75, 3.05) is 19.0 Å². The van der Waals surface area contributed by atoms with E-state index in [9.17, 15) is 9.59 Å². The van der Waals surface area contributed by atoms with Gasteiger partial charge in [0.25, 0.3) is 11.8 Å². The minimum atomic E-state index is -0.277. The first-order valence-corrected chi connectivity index (χ1v) is 10.9. The van der Waals surface area contributed by atoms with Gasteiger partial charge >= 0.3 is 0 Å². The second-order valence-corrected chi connectivity index (χ2v) is 9.02. The molecule has 1 heterocycles. The third kappa shape index (κ3) is 5.21. The number of anilines is 1. The van der Waals surface area contributed by atoms with Crippen LogP contribution in [0.25, 0.3) is 6.08 Å². The van der Waals surface area contributed by atoms with Crippen molar-refractivity contribution in [3.8, 4) is 11.5 Å². The van der Waals surface area contributed by atoms with E-state index in [0.717, 1.165) is 26.9 Å². The number of nitrogens with one attached hydrogen (secondary N) is 2. The average Bonchev–Trinajstić information content (AvgIpc) is 3.04. The topological polar surface area (TPSA) is 76.7 Å². The van der Waals surface area contributed by atoms with Crippen LogP contribution in [0.3, 0.4) is 0 Å². The molecule has 6 nitrogen and oxygen atoms in total. The molecule has 0 unspecified atom stereocenters. The average molecular weight is 507 g/mol. The first-order chi connectivity index (χ1) is 14.3. The fraction of sp³-hybridized carbons (Fsp3) is 0.190. The Morgan fingerprint density at radius 2 is 2.00 bits per heavy atom. The molecule has 0 atom stereocenters. The number of thiocarbonyl (C=S) groups is 1. The lowest BCUT2D eigenvalue weighted by atomic mass is 10.1. The van der Waals surface area contributed by atoms with Gasteiger partial charge in [-0.15, -0.1) is 0 Å². The number of thioether (sulfide) groups is 1. The molecule has 0 saturated carbocycles. The molecule has 2 N–H and O–H groups in total. The van der Waals surface area contributed by atoms with Crippen LogP contribution in [-0.2, 0) is 9.59 Å². The summed E-state index contributed by atoms with van der Waals surface area (Å²) < 4.78 is 12.4. The molecule has 0 bridgehead atoms. The number of hydrogen-bond acceptors (Lipinski definition) is 6. The number of carbonyl (C=O) groups is 2. The van der Waals surface area contributed by atoms with Gasteiger partial charge in [0.1, 0.15) is 4.32 Å². The SMILES string of the molecule is COc1cc(/C=C2\SC(=S)NC2=O)ccc1OCC(=O)Nc1ccc(Br)c(C)c1C. The van der Waals surface area contributed by atoms with Gasteiger partial charge in [-0.1, -0.05) is 46.0 Å². The van der Waals surface area contributed by atoms with E-state index in [1.54, 1.807) is 24.3 Å². The molecule has 2 amide bonds. The molecule has 156 valence electrons. The lowest BCUT2D eigenvalue weighted by Gasteiger charge is -2.14. The van der Waals surface area contributed by atoms with Gasteiger partial charge in [-0.3, -0.25) is 9.59 Å². The number of halogens is 1. The van der Waals surface area contributed by atoms with E-state index < -0.39 is 0 Å². The lowest BCUT2D eigenvalue weighted by Crippen LogP contribution is -2.21. The summed E-state index contributed by atoms with van der Waals surface area (Å²) in [4.78, 5) is 24.7. The highest BCUT2D eigenvalue weighted by Gasteiger charge is 2.22. The van der Waals surface area contributed by atoms with Crippen molar-refractivity contribution >= 4 is 67.8 Å². The summed E-state index contributed by atoms with van der Waals surface area (Å²) in [6.07, 6.45) is 1.72. The van der Waals surface area contributed by atoms with Gasteiger partial charge in [0.15, 0.2) is 18.1 Å². The Hall–Kier alpha value is -2.36. The lowest BCUT2D eigenvalue weighted by molar-refractivity contribution is -0.118. The predicted octanol–water partition coefficient (Wildman–Crippen LogP) is 4.58. The zero-order valence-electron chi connectivity index (χ0n) is 16.5. The summed E-state index contributed by atoms with van der Waals surface area (Å²) >= 11 is 9.68. The molecule has 1 aliphatic rings. The Morgan fingerprint density at radius 3 is 2.67 bits per heavy atom. The van der Waals surface area contributed by atoms with Crippen LogP contribution in [0.2, 0.25) is 0 Å². The zero-order valence-corrected chi connectivity index (χ0v) is 19.7. The van der Waals surface area contributed by atoms with Gasteiger partial charge in [-0.05, 0) is 60.9 Å². The molecule has 1 fully saturated rings. The Labute approximate surface area is 192 Å². The van der Waals surface area contributed by atoms with E-state index in [4.69, 9.17) is 21.7 Å². The largest absolute Gasteiger partial charge is 0.493 e. The molecular formula is C21H19BrN2O4S2. The van der Waals surface area contributed by atoms with Gasteiger partial charge in [0, 0.05) is 10.2 Å². The van der Waals surface area contributed by atoms with Crippen molar-refractivity contribution in [2.45, 2.75) is 13.8 Å². The molecule has 2 aromatic rings. The maximum absolute atomic E-state index is 12.3. The Kier molecular flexibility index (Phi) is 7.17. The minimum absolute atomic E-state index is 0.169. The summed E-state index contributed by atoms with van der Waals surface area (Å²) in [6, 6.07) is 8.95. The van der Waals surface area contributed by atoms with E-state index in [0.29, 0.717) is 20.7 Å². The second-order valence-electron chi connectivity index (χ2n) is 6.44. The van der Waals surface area contributed by atoms with E-state index in [1.807, 2.05) is 26.0 Å². The third-order valence-corrected chi connectivity index (χ3v) is 6.50. The van der Waals surface area contributed by atoms with Gasteiger partial charge < -0.3 is 20.1 Å². The van der Waals surface area contributed by atoms with Crippen molar-refractivity contribution in [2.24, 2.45) is 0 Å². The molecular weight excluding hydrogens is 488 g/mol. The van der Waals surface area contributed by atoms with E-state index >= 15 is 0 Å². The van der Waals surface area contributed by atoms with Crippen LogP contribution in [0, 0.1) is 13.8 Å². The molecule has 0 radical (unpaired) electrons. The predicted molar refractivity (Wildman–Crippen MR) is 127 cm³/mol. The molecule has 9 heteroatoms. The monoisotopic (exact) mass is 506 g/mol. The smallest absolute Gasteiger partial charge is 0.263 e. The Morgan fingerprint density at radius 1 is 1.23 bits per heavy atom. The quantitative estimate of drug-likeness (QED) is 0.441. The molecule has 0 aliphatic carbocycles. The number of rotatable bonds is 6. The second kappa shape index (κ2) is 9.63. The Bertz CT molecular complexity index is 1070. The zero-order chi connectivity index (χ0) is 21.8. The molecule has 2 aromatic carbocycles. The van der Waals surface area contributed by atoms with Crippen molar-refractivity contribution < 1.29 is 19.1 Å². The number of methoxy groups -OCH3 is 1. The fourth-order valence-electron chi connectivity index (χ4n) is 2.72. The molecule has 0 aromatic heterocycles. The standard InChI is InChI=1S/C21H19BrN2O4S2/c1-11-12(2)15(6-5-14(11)22)23-19(25)10-28-16-7-4-13(8-17(16)27-3)9-18-20(26)24-21(29)30-18/h4-9H,10H2,1-3H3,(H,23,25)(H,24,26,29)/b18-9-. The number of carbonyl (C=O) groups excluding carboxylic acids is 2. The highest BCUT2D eigenvalue weighted by molar-refractivity contribution is 9.10. The minimum Gasteiger partial charge on any atom is -0.493 e. The normalized spacial score (nSPS) is 14.6. The van der Waals surface area contributed by atoms with Crippen LogP contribution < -0.4 is 20.1 Å². The van der Waals surface area contributed by atoms with Crippen LogP contribution >= 0.6 is 39.9 Å². The molecule has 1 saturated heterocycles. The summed E-state index contributed by atoms with van der Waals surface area (Å²) in [5, 5.41) is 5.43. The van der Waals surface area contributed by atoms with Crippen molar-refractivity contribution in [1.29, 1.82) is 0 Å². The van der Waals surface area contributed by atoms with E-state index in [1.165, 1.54) is 18.9 Å². The maximum atomic E-state index is 12.3. The van der Waals surface area contributed by atoms with E-state index in [2.05, 4.69) is 26.6 Å². The molecule has 3 rings (SSSR count). The number of amides is 2. The van der Waals surface area contributed by atoms with Crippen LogP contribution in [0.4, 0.5) is 5.69 Å². The maximum Gasteiger partial charge on any atom is 0.263 e. The summed E-state index contributed by atoms with van der Waals surface area (Å²) in [5.74, 6) is 0.386. The van der Waals surface area contributed by atoms with Crippen LogP contribution in [0.5, 0.6) is 11.5 Å². The number of hydrogen-bond donors (Lipinski definition) is 2.